The Balaban J connectivity index is 1.37. The molecule has 0 spiro atoms. The van der Waals surface area contributed by atoms with Gasteiger partial charge in [-0.15, -0.1) is 0 Å². The second kappa shape index (κ2) is 15.0. The van der Waals surface area contributed by atoms with Crippen LogP contribution in [0.2, 0.25) is 0 Å². The Bertz CT molecular complexity index is 1190. The van der Waals surface area contributed by atoms with Gasteiger partial charge < -0.3 is 19.5 Å². The average Bonchev–Trinajstić information content (AvgIpc) is 3.31. The second-order valence-electron chi connectivity index (χ2n) is 17.4. The summed E-state index contributed by atoms with van der Waals surface area (Å²) in [6.45, 7) is 16.6. The van der Waals surface area contributed by atoms with Crippen molar-refractivity contribution < 1.29 is 33.8 Å². The zero-order chi connectivity index (χ0) is 34.7. The Labute approximate surface area is 283 Å². The minimum Gasteiger partial charge on any atom is -0.481 e. The van der Waals surface area contributed by atoms with Crippen LogP contribution in [0.1, 0.15) is 139 Å². The number of carboxylic acid groups (broad SMARTS) is 1. The number of esters is 2. The lowest BCUT2D eigenvalue weighted by Crippen LogP contribution is -2.51. The van der Waals surface area contributed by atoms with E-state index in [0.29, 0.717) is 17.8 Å². The van der Waals surface area contributed by atoms with Gasteiger partial charge in [-0.05, 0) is 112 Å². The maximum absolute atomic E-state index is 13.1. The number of rotatable bonds is 13. The zero-order valence-corrected chi connectivity index (χ0v) is 30.6. The molecule has 1 amide bonds. The lowest BCUT2D eigenvalue weighted by molar-refractivity contribution is -0.162. The molecule has 0 aromatic carbocycles. The summed E-state index contributed by atoms with van der Waals surface area (Å²) in [7, 11) is 0. The standard InChI is InChI=1S/C39H63NO7/c1-25(2)10-9-11-26(3)30-14-15-31-29-13-12-27-22-28(18-20-38(27,7)32(29)19-21-39(30,31)8)46-35(44)23-40(33(41)16-17-34(42)43)24-36(45)47-37(4,5)6/h12,25-26,28-32H,9-11,13-24H2,1-8H3,(H,42,43)/t26-,28+,29+,30?,31+,32+,38+,39-/m1/s1. The number of carbonyl (C=O) groups is 4. The van der Waals surface area contributed by atoms with Gasteiger partial charge in [-0.25, -0.2) is 0 Å². The van der Waals surface area contributed by atoms with Crippen LogP contribution in [0.25, 0.3) is 0 Å². The molecule has 3 saturated carbocycles. The van der Waals surface area contributed by atoms with Crippen molar-refractivity contribution in [2.24, 2.45) is 46.3 Å². The maximum Gasteiger partial charge on any atom is 0.326 e. The van der Waals surface area contributed by atoms with Gasteiger partial charge in [0, 0.05) is 12.8 Å². The molecule has 3 fully saturated rings. The van der Waals surface area contributed by atoms with E-state index in [1.54, 1.807) is 20.8 Å². The normalized spacial score (nSPS) is 32.4. The molecule has 266 valence electrons. The summed E-state index contributed by atoms with van der Waals surface area (Å²) in [5.41, 5.74) is 1.24. The van der Waals surface area contributed by atoms with Gasteiger partial charge in [-0.3, -0.25) is 19.2 Å². The highest BCUT2D eigenvalue weighted by Gasteiger charge is 2.59. The van der Waals surface area contributed by atoms with Crippen LogP contribution in [0.5, 0.6) is 0 Å². The van der Waals surface area contributed by atoms with E-state index in [4.69, 9.17) is 14.6 Å². The summed E-state index contributed by atoms with van der Waals surface area (Å²) in [6.07, 6.45) is 14.5. The van der Waals surface area contributed by atoms with Gasteiger partial charge in [0.1, 0.15) is 24.8 Å². The summed E-state index contributed by atoms with van der Waals surface area (Å²) in [4.78, 5) is 50.6. The summed E-state index contributed by atoms with van der Waals surface area (Å²) in [6, 6.07) is 0. The Hall–Kier alpha value is -2.38. The number of carbonyl (C=O) groups excluding carboxylic acids is 3. The van der Waals surface area contributed by atoms with Gasteiger partial charge in [0.05, 0.1) is 6.42 Å². The van der Waals surface area contributed by atoms with Crippen LogP contribution in [-0.4, -0.2) is 58.6 Å². The van der Waals surface area contributed by atoms with Gasteiger partial charge in [0.2, 0.25) is 5.91 Å². The number of fused-ring (bicyclic) bond motifs is 5. The van der Waals surface area contributed by atoms with Gasteiger partial charge in [-0.1, -0.05) is 65.5 Å². The number of ether oxygens (including phenoxy) is 2. The highest BCUT2D eigenvalue weighted by Crippen LogP contribution is 2.67. The summed E-state index contributed by atoms with van der Waals surface area (Å²) >= 11 is 0. The van der Waals surface area contributed by atoms with Crippen molar-refractivity contribution >= 4 is 23.8 Å². The third kappa shape index (κ3) is 9.00. The fourth-order valence-corrected chi connectivity index (χ4v) is 10.3. The number of amides is 1. The largest absolute Gasteiger partial charge is 0.481 e. The minimum absolute atomic E-state index is 0.129. The van der Waals surface area contributed by atoms with Crippen LogP contribution < -0.4 is 0 Å². The molecular weight excluding hydrogens is 594 g/mol. The molecule has 4 aliphatic rings. The van der Waals surface area contributed by atoms with Crippen molar-refractivity contribution in [3.8, 4) is 0 Å². The third-order valence-electron chi connectivity index (χ3n) is 12.5. The summed E-state index contributed by atoms with van der Waals surface area (Å²) < 4.78 is 11.3. The molecule has 0 radical (unpaired) electrons. The first-order chi connectivity index (χ1) is 21.9. The first-order valence-electron chi connectivity index (χ1n) is 18.5. The third-order valence-corrected chi connectivity index (χ3v) is 12.5. The van der Waals surface area contributed by atoms with Gasteiger partial charge in [-0.2, -0.15) is 0 Å². The zero-order valence-electron chi connectivity index (χ0n) is 30.6. The highest BCUT2D eigenvalue weighted by molar-refractivity contribution is 5.87. The Kier molecular flexibility index (Phi) is 12.0. The predicted octanol–water partition coefficient (Wildman–Crippen LogP) is 7.97. The van der Waals surface area contributed by atoms with Crippen LogP contribution in [-0.2, 0) is 28.7 Å². The topological polar surface area (TPSA) is 110 Å². The summed E-state index contributed by atoms with van der Waals surface area (Å²) in [5, 5.41) is 9.04. The molecule has 47 heavy (non-hydrogen) atoms. The quantitative estimate of drug-likeness (QED) is 0.158. The number of nitrogens with zero attached hydrogens (tertiary/aromatic N) is 1. The van der Waals surface area contributed by atoms with E-state index in [9.17, 15) is 19.2 Å². The number of hydrogen-bond acceptors (Lipinski definition) is 6. The van der Waals surface area contributed by atoms with Crippen LogP contribution in [0.4, 0.5) is 0 Å². The fraction of sp³-hybridized carbons (Fsp3) is 0.846. The minimum atomic E-state index is -1.12. The Morgan fingerprint density at radius 1 is 0.936 bits per heavy atom. The van der Waals surface area contributed by atoms with Crippen LogP contribution in [0.15, 0.2) is 11.6 Å². The SMILES string of the molecule is CC(C)CCC[C@@H](C)C1CC[C@H]2[C@@H]3CC=C4C[C@@H](OC(=O)CN(CC(=O)OC(C)(C)C)C(=O)CCC(=O)O)CC[C@]4(C)[C@H]3CC[C@]12C. The smallest absolute Gasteiger partial charge is 0.326 e. The van der Waals surface area contributed by atoms with E-state index in [1.165, 1.54) is 50.5 Å². The molecule has 0 aliphatic heterocycles. The predicted molar refractivity (Wildman–Crippen MR) is 182 cm³/mol. The molecule has 4 aliphatic carbocycles. The maximum atomic E-state index is 13.1. The molecular formula is C39H63NO7. The molecule has 0 aromatic heterocycles. The Morgan fingerprint density at radius 3 is 2.30 bits per heavy atom. The highest BCUT2D eigenvalue weighted by atomic mass is 16.6. The van der Waals surface area contributed by atoms with Crippen LogP contribution in [0, 0.1) is 46.3 Å². The molecule has 8 atom stereocenters. The van der Waals surface area contributed by atoms with E-state index in [-0.39, 0.29) is 24.4 Å². The first-order valence-corrected chi connectivity index (χ1v) is 18.5. The molecule has 0 saturated heterocycles. The van der Waals surface area contributed by atoms with Gasteiger partial charge in [0.15, 0.2) is 0 Å². The van der Waals surface area contributed by atoms with E-state index in [2.05, 4.69) is 40.7 Å². The number of carboxylic acids is 1. The van der Waals surface area contributed by atoms with E-state index in [0.717, 1.165) is 53.8 Å². The van der Waals surface area contributed by atoms with Crippen molar-refractivity contribution in [3.05, 3.63) is 11.6 Å². The lowest BCUT2D eigenvalue weighted by Gasteiger charge is -2.58. The molecule has 0 aromatic rings. The molecule has 1 N–H and O–H groups in total. The fourth-order valence-electron chi connectivity index (χ4n) is 10.3. The van der Waals surface area contributed by atoms with Crippen molar-refractivity contribution in [2.75, 3.05) is 13.1 Å². The van der Waals surface area contributed by atoms with Gasteiger partial charge in [0.25, 0.3) is 0 Å². The van der Waals surface area contributed by atoms with Crippen molar-refractivity contribution in [2.45, 2.75) is 151 Å². The molecule has 8 nitrogen and oxygen atoms in total. The van der Waals surface area contributed by atoms with Crippen molar-refractivity contribution in [3.63, 3.8) is 0 Å². The van der Waals surface area contributed by atoms with Crippen molar-refractivity contribution in [1.29, 1.82) is 0 Å². The first kappa shape index (κ1) is 37.4. The molecule has 8 heteroatoms. The summed E-state index contributed by atoms with van der Waals surface area (Å²) in [5.74, 6) is 1.67. The number of hydrogen-bond donors (Lipinski definition) is 1. The van der Waals surface area contributed by atoms with Gasteiger partial charge >= 0.3 is 17.9 Å². The van der Waals surface area contributed by atoms with Crippen LogP contribution in [0.3, 0.4) is 0 Å². The second-order valence-corrected chi connectivity index (χ2v) is 17.4. The van der Waals surface area contributed by atoms with Crippen LogP contribution >= 0.6 is 0 Å². The number of aliphatic carboxylic acids is 1. The Morgan fingerprint density at radius 2 is 1.64 bits per heavy atom. The van der Waals surface area contributed by atoms with Crippen molar-refractivity contribution in [1.82, 2.24) is 4.90 Å². The number of allylic oxidation sites excluding steroid dienone is 1. The monoisotopic (exact) mass is 657 g/mol. The lowest BCUT2D eigenvalue weighted by atomic mass is 9.47. The molecule has 1 unspecified atom stereocenters. The van der Waals surface area contributed by atoms with E-state index in [1.807, 2.05) is 0 Å². The molecule has 4 rings (SSSR count). The average molecular weight is 658 g/mol. The molecule has 0 heterocycles. The van der Waals surface area contributed by atoms with E-state index >= 15 is 0 Å². The van der Waals surface area contributed by atoms with E-state index < -0.39 is 42.5 Å². The molecule has 0 bridgehead atoms.